The van der Waals surface area contributed by atoms with Crippen LogP contribution in [0.1, 0.15) is 6.42 Å². The Hall–Kier alpha value is -0.950. The SMILES string of the molecule is NNC(=O)C1=C(Cl)CC(N2CCOCC2)C=N1. The van der Waals surface area contributed by atoms with Gasteiger partial charge in [0.1, 0.15) is 5.70 Å². The van der Waals surface area contributed by atoms with Gasteiger partial charge in [0, 0.05) is 25.7 Å². The number of hydrazine groups is 1. The standard InChI is InChI=1S/C10H15ClN4O2/c11-8-5-7(15-1-3-17-4-2-15)6-13-9(8)10(16)14-12/h6-7H,1-5,12H2,(H,14,16). The fraction of sp³-hybridized carbons (Fsp3) is 0.600. The predicted octanol–water partition coefficient (Wildman–Crippen LogP) is -0.398. The molecule has 2 heterocycles. The molecule has 0 aliphatic carbocycles. The van der Waals surface area contributed by atoms with E-state index >= 15 is 0 Å². The van der Waals surface area contributed by atoms with Gasteiger partial charge in [-0.1, -0.05) is 11.6 Å². The second-order valence-electron chi connectivity index (χ2n) is 3.92. The summed E-state index contributed by atoms with van der Waals surface area (Å²) in [5.74, 6) is 4.60. The molecule has 3 N–H and O–H groups in total. The topological polar surface area (TPSA) is 80.0 Å². The number of carbonyl (C=O) groups is 1. The van der Waals surface area contributed by atoms with Crippen molar-refractivity contribution in [2.45, 2.75) is 12.5 Å². The number of nitrogens with zero attached hydrogens (tertiary/aromatic N) is 2. The molecule has 0 aromatic heterocycles. The first kappa shape index (κ1) is 12.5. The highest BCUT2D eigenvalue weighted by atomic mass is 35.5. The monoisotopic (exact) mass is 258 g/mol. The number of nitrogens with one attached hydrogen (secondary N) is 1. The molecule has 17 heavy (non-hydrogen) atoms. The minimum atomic E-state index is -0.452. The highest BCUT2D eigenvalue weighted by molar-refractivity contribution is 6.32. The molecule has 94 valence electrons. The van der Waals surface area contributed by atoms with Crippen LogP contribution < -0.4 is 11.3 Å². The van der Waals surface area contributed by atoms with Gasteiger partial charge in [0.05, 0.1) is 24.3 Å². The molecule has 0 aromatic carbocycles. The van der Waals surface area contributed by atoms with Gasteiger partial charge in [0.2, 0.25) is 0 Å². The van der Waals surface area contributed by atoms with E-state index in [0.29, 0.717) is 11.5 Å². The van der Waals surface area contributed by atoms with E-state index in [0.717, 1.165) is 26.3 Å². The molecule has 6 nitrogen and oxygen atoms in total. The Balaban J connectivity index is 2.02. The largest absolute Gasteiger partial charge is 0.379 e. The highest BCUT2D eigenvalue weighted by Crippen LogP contribution is 2.23. The number of hydrogen-bond acceptors (Lipinski definition) is 5. The average Bonchev–Trinajstić information content (AvgIpc) is 2.39. The van der Waals surface area contributed by atoms with E-state index in [9.17, 15) is 4.79 Å². The van der Waals surface area contributed by atoms with Crippen LogP contribution in [0.2, 0.25) is 0 Å². The maximum absolute atomic E-state index is 11.3. The van der Waals surface area contributed by atoms with Crippen molar-refractivity contribution in [3.05, 3.63) is 10.7 Å². The lowest BCUT2D eigenvalue weighted by molar-refractivity contribution is -0.117. The smallest absolute Gasteiger partial charge is 0.284 e. The van der Waals surface area contributed by atoms with Crippen molar-refractivity contribution in [1.29, 1.82) is 0 Å². The van der Waals surface area contributed by atoms with E-state index in [1.165, 1.54) is 0 Å². The molecule has 2 aliphatic rings. The minimum Gasteiger partial charge on any atom is -0.379 e. The molecule has 0 spiro atoms. The molecular weight excluding hydrogens is 244 g/mol. The Morgan fingerprint density at radius 3 is 2.88 bits per heavy atom. The summed E-state index contributed by atoms with van der Waals surface area (Å²) < 4.78 is 5.28. The normalized spacial score (nSPS) is 26.1. The summed E-state index contributed by atoms with van der Waals surface area (Å²) >= 11 is 6.06. The van der Waals surface area contributed by atoms with Gasteiger partial charge in [-0.15, -0.1) is 0 Å². The number of morpholine rings is 1. The number of nitrogens with two attached hydrogens (primary N) is 1. The first-order valence-corrected chi connectivity index (χ1v) is 5.85. The lowest BCUT2D eigenvalue weighted by Crippen LogP contribution is -2.45. The maximum Gasteiger partial charge on any atom is 0.284 e. The molecule has 0 radical (unpaired) electrons. The Labute approximate surface area is 104 Å². The average molecular weight is 259 g/mol. The molecule has 2 aliphatic heterocycles. The van der Waals surface area contributed by atoms with Crippen LogP contribution in [0.25, 0.3) is 0 Å². The Morgan fingerprint density at radius 1 is 1.59 bits per heavy atom. The maximum atomic E-state index is 11.3. The second-order valence-corrected chi connectivity index (χ2v) is 4.38. The molecule has 7 heteroatoms. The van der Waals surface area contributed by atoms with Gasteiger partial charge in [-0.3, -0.25) is 20.1 Å². The molecule has 0 aromatic rings. The fourth-order valence-corrected chi connectivity index (χ4v) is 2.24. The molecule has 1 saturated heterocycles. The first-order chi connectivity index (χ1) is 8.22. The van der Waals surface area contributed by atoms with Gasteiger partial charge in [-0.2, -0.15) is 0 Å². The second kappa shape index (κ2) is 5.59. The minimum absolute atomic E-state index is 0.140. The van der Waals surface area contributed by atoms with Crippen molar-refractivity contribution in [2.75, 3.05) is 26.3 Å². The van der Waals surface area contributed by atoms with Gasteiger partial charge in [-0.05, 0) is 0 Å². The zero-order valence-corrected chi connectivity index (χ0v) is 10.1. The molecule has 1 atom stereocenters. The number of aliphatic imine (C=N–C) groups is 1. The van der Waals surface area contributed by atoms with Crippen molar-refractivity contribution < 1.29 is 9.53 Å². The summed E-state index contributed by atoms with van der Waals surface area (Å²) in [5.41, 5.74) is 2.24. The van der Waals surface area contributed by atoms with Crippen molar-refractivity contribution in [3.63, 3.8) is 0 Å². The summed E-state index contributed by atoms with van der Waals surface area (Å²) in [6, 6.07) is 0.140. The lowest BCUT2D eigenvalue weighted by Gasteiger charge is -2.33. The molecule has 1 fully saturated rings. The third kappa shape index (κ3) is 2.84. The Kier molecular flexibility index (Phi) is 4.11. The summed E-state index contributed by atoms with van der Waals surface area (Å²) in [4.78, 5) is 17.7. The van der Waals surface area contributed by atoms with E-state index < -0.39 is 5.91 Å². The zero-order chi connectivity index (χ0) is 12.3. The number of amides is 1. The third-order valence-electron chi connectivity index (χ3n) is 2.88. The predicted molar refractivity (Wildman–Crippen MR) is 64.5 cm³/mol. The van der Waals surface area contributed by atoms with Gasteiger partial charge in [0.15, 0.2) is 0 Å². The van der Waals surface area contributed by atoms with Crippen molar-refractivity contribution in [1.82, 2.24) is 10.3 Å². The molecule has 1 amide bonds. The summed E-state index contributed by atoms with van der Waals surface area (Å²) in [6.07, 6.45) is 2.34. The number of ether oxygens (including phenoxy) is 1. The molecule has 2 rings (SSSR count). The van der Waals surface area contributed by atoms with Crippen molar-refractivity contribution in [2.24, 2.45) is 10.8 Å². The van der Waals surface area contributed by atoms with E-state index in [1.54, 1.807) is 6.21 Å². The summed E-state index contributed by atoms with van der Waals surface area (Å²) in [7, 11) is 0. The van der Waals surface area contributed by atoms with Gasteiger partial charge < -0.3 is 4.74 Å². The summed E-state index contributed by atoms with van der Waals surface area (Å²) in [6.45, 7) is 3.17. The van der Waals surface area contributed by atoms with E-state index in [1.807, 2.05) is 5.43 Å². The zero-order valence-electron chi connectivity index (χ0n) is 9.36. The van der Waals surface area contributed by atoms with E-state index in [2.05, 4.69) is 9.89 Å². The van der Waals surface area contributed by atoms with Gasteiger partial charge in [-0.25, -0.2) is 5.84 Å². The van der Waals surface area contributed by atoms with Crippen LogP contribution >= 0.6 is 11.6 Å². The lowest BCUT2D eigenvalue weighted by atomic mass is 10.1. The quantitative estimate of drug-likeness (QED) is 0.401. The highest BCUT2D eigenvalue weighted by Gasteiger charge is 2.26. The Bertz CT molecular complexity index is 363. The van der Waals surface area contributed by atoms with Crippen LogP contribution in [0.15, 0.2) is 15.7 Å². The van der Waals surface area contributed by atoms with Crippen LogP contribution in [0, 0.1) is 0 Å². The number of hydrogen-bond donors (Lipinski definition) is 2. The number of rotatable bonds is 2. The van der Waals surface area contributed by atoms with E-state index in [-0.39, 0.29) is 11.7 Å². The van der Waals surface area contributed by atoms with Crippen LogP contribution in [0.4, 0.5) is 0 Å². The van der Waals surface area contributed by atoms with E-state index in [4.69, 9.17) is 22.2 Å². The Morgan fingerprint density at radius 2 is 2.29 bits per heavy atom. The molecule has 0 bridgehead atoms. The third-order valence-corrected chi connectivity index (χ3v) is 3.22. The first-order valence-electron chi connectivity index (χ1n) is 5.48. The molecule has 1 unspecified atom stereocenters. The fourth-order valence-electron chi connectivity index (χ4n) is 1.95. The van der Waals surface area contributed by atoms with Gasteiger partial charge >= 0.3 is 0 Å². The molecular formula is C10H15ClN4O2. The van der Waals surface area contributed by atoms with Gasteiger partial charge in [0.25, 0.3) is 5.91 Å². The van der Waals surface area contributed by atoms with Crippen LogP contribution in [-0.4, -0.2) is 49.4 Å². The summed E-state index contributed by atoms with van der Waals surface area (Å²) in [5, 5.41) is 0.451. The van der Waals surface area contributed by atoms with Crippen LogP contribution in [0.3, 0.4) is 0 Å². The molecule has 0 saturated carbocycles. The van der Waals surface area contributed by atoms with Crippen molar-refractivity contribution in [3.8, 4) is 0 Å². The van der Waals surface area contributed by atoms with Crippen molar-refractivity contribution >= 4 is 23.7 Å². The number of carbonyl (C=O) groups excluding carboxylic acids is 1. The van der Waals surface area contributed by atoms with Crippen LogP contribution in [-0.2, 0) is 9.53 Å². The van der Waals surface area contributed by atoms with Crippen LogP contribution in [0.5, 0.6) is 0 Å². The number of halogens is 1.